The molecule has 0 aliphatic heterocycles. The van der Waals surface area contributed by atoms with Crippen LogP contribution >= 0.6 is 23.2 Å². The first kappa shape index (κ1) is 13.7. The summed E-state index contributed by atoms with van der Waals surface area (Å²) in [5.74, 6) is -0.0570. The van der Waals surface area contributed by atoms with Gasteiger partial charge in [0.05, 0.1) is 5.54 Å². The molecule has 1 atom stereocenters. The standard InChI is InChI=1S/C13H16Cl2N2O/c1-8(16)7-11(18)17-13(5-6-13)12-9(14)3-2-4-10(12)15/h2-4,8H,5-7,16H2,1H3,(H,17,18). The summed E-state index contributed by atoms with van der Waals surface area (Å²) < 4.78 is 0. The minimum Gasteiger partial charge on any atom is -0.346 e. The van der Waals surface area contributed by atoms with Crippen molar-refractivity contribution in [1.29, 1.82) is 0 Å². The molecule has 0 aromatic heterocycles. The molecule has 1 aromatic rings. The van der Waals surface area contributed by atoms with Crippen molar-refractivity contribution in [2.45, 2.75) is 37.8 Å². The molecule has 98 valence electrons. The van der Waals surface area contributed by atoms with E-state index >= 15 is 0 Å². The Balaban J connectivity index is 2.19. The summed E-state index contributed by atoms with van der Waals surface area (Å²) in [6.45, 7) is 1.81. The van der Waals surface area contributed by atoms with Crippen LogP contribution in [-0.4, -0.2) is 11.9 Å². The van der Waals surface area contributed by atoms with Gasteiger partial charge in [-0.05, 0) is 31.9 Å². The SMILES string of the molecule is CC(N)CC(=O)NC1(c2c(Cl)cccc2Cl)CC1. The molecule has 0 spiro atoms. The van der Waals surface area contributed by atoms with Gasteiger partial charge in [-0.25, -0.2) is 0 Å². The van der Waals surface area contributed by atoms with Crippen molar-refractivity contribution in [1.82, 2.24) is 5.32 Å². The van der Waals surface area contributed by atoms with Crippen LogP contribution < -0.4 is 11.1 Å². The van der Waals surface area contributed by atoms with E-state index in [1.165, 1.54) is 0 Å². The van der Waals surface area contributed by atoms with Crippen molar-refractivity contribution in [3.63, 3.8) is 0 Å². The van der Waals surface area contributed by atoms with E-state index in [4.69, 9.17) is 28.9 Å². The third kappa shape index (κ3) is 2.79. The number of halogens is 2. The molecule has 0 bridgehead atoms. The largest absolute Gasteiger partial charge is 0.346 e. The van der Waals surface area contributed by atoms with Crippen LogP contribution in [0.2, 0.25) is 10.0 Å². The molecular formula is C13H16Cl2N2O. The molecule has 1 aliphatic carbocycles. The maximum Gasteiger partial charge on any atom is 0.222 e. The summed E-state index contributed by atoms with van der Waals surface area (Å²) in [6, 6.07) is 5.23. The van der Waals surface area contributed by atoms with Gasteiger partial charge in [-0.2, -0.15) is 0 Å². The average molecular weight is 287 g/mol. The minimum atomic E-state index is -0.387. The molecule has 0 radical (unpaired) electrons. The van der Waals surface area contributed by atoms with Gasteiger partial charge < -0.3 is 11.1 Å². The summed E-state index contributed by atoms with van der Waals surface area (Å²) in [5.41, 5.74) is 6.06. The molecule has 1 amide bonds. The van der Waals surface area contributed by atoms with Gasteiger partial charge in [0.2, 0.25) is 5.91 Å². The summed E-state index contributed by atoms with van der Waals surface area (Å²) >= 11 is 12.4. The Morgan fingerprint density at radius 1 is 1.44 bits per heavy atom. The summed E-state index contributed by atoms with van der Waals surface area (Å²) in [6.07, 6.45) is 2.03. The molecule has 0 saturated heterocycles. The molecule has 3 nitrogen and oxygen atoms in total. The lowest BCUT2D eigenvalue weighted by Gasteiger charge is -2.21. The van der Waals surface area contributed by atoms with Crippen LogP contribution in [0.5, 0.6) is 0 Å². The highest BCUT2D eigenvalue weighted by Crippen LogP contribution is 2.50. The highest BCUT2D eigenvalue weighted by molar-refractivity contribution is 6.36. The topological polar surface area (TPSA) is 55.1 Å². The van der Waals surface area contributed by atoms with E-state index in [-0.39, 0.29) is 17.5 Å². The van der Waals surface area contributed by atoms with Gasteiger partial charge in [0.25, 0.3) is 0 Å². The Morgan fingerprint density at radius 2 is 2.00 bits per heavy atom. The van der Waals surface area contributed by atoms with Gasteiger partial charge in [-0.15, -0.1) is 0 Å². The first-order valence-corrected chi connectivity index (χ1v) is 6.71. The van der Waals surface area contributed by atoms with Crippen LogP contribution in [-0.2, 0) is 10.3 Å². The summed E-state index contributed by atoms with van der Waals surface area (Å²) in [7, 11) is 0. The Kier molecular flexibility index (Phi) is 3.85. The number of carbonyl (C=O) groups is 1. The van der Waals surface area contributed by atoms with Gasteiger partial charge in [-0.1, -0.05) is 29.3 Å². The Morgan fingerprint density at radius 3 is 2.44 bits per heavy atom. The van der Waals surface area contributed by atoms with Crippen molar-refractivity contribution >= 4 is 29.1 Å². The van der Waals surface area contributed by atoms with Crippen molar-refractivity contribution in [3.05, 3.63) is 33.8 Å². The summed E-state index contributed by atoms with van der Waals surface area (Å²) in [5, 5.41) is 4.21. The zero-order valence-corrected chi connectivity index (χ0v) is 11.7. The second kappa shape index (κ2) is 5.08. The van der Waals surface area contributed by atoms with E-state index < -0.39 is 0 Å². The van der Waals surface area contributed by atoms with Gasteiger partial charge in [-0.3, -0.25) is 4.79 Å². The zero-order valence-electron chi connectivity index (χ0n) is 10.2. The van der Waals surface area contributed by atoms with Crippen LogP contribution in [0.4, 0.5) is 0 Å². The van der Waals surface area contributed by atoms with Crippen molar-refractivity contribution < 1.29 is 4.79 Å². The van der Waals surface area contributed by atoms with E-state index in [1.54, 1.807) is 18.2 Å². The van der Waals surface area contributed by atoms with Gasteiger partial charge in [0, 0.05) is 28.1 Å². The lowest BCUT2D eigenvalue weighted by molar-refractivity contribution is -0.122. The van der Waals surface area contributed by atoms with E-state index in [9.17, 15) is 4.79 Å². The Hall–Kier alpha value is -0.770. The Labute approximate surface area is 117 Å². The number of benzene rings is 1. The molecule has 3 N–H and O–H groups in total. The van der Waals surface area contributed by atoms with Crippen LogP contribution in [0.3, 0.4) is 0 Å². The van der Waals surface area contributed by atoms with Crippen LogP contribution in [0, 0.1) is 0 Å². The Bertz CT molecular complexity index is 450. The second-order valence-electron chi connectivity index (χ2n) is 4.91. The first-order chi connectivity index (χ1) is 8.44. The smallest absolute Gasteiger partial charge is 0.222 e. The number of hydrogen-bond donors (Lipinski definition) is 2. The van der Waals surface area contributed by atoms with Gasteiger partial charge >= 0.3 is 0 Å². The van der Waals surface area contributed by atoms with E-state index in [0.717, 1.165) is 18.4 Å². The third-order valence-corrected chi connectivity index (χ3v) is 3.71. The van der Waals surface area contributed by atoms with Crippen LogP contribution in [0.25, 0.3) is 0 Å². The zero-order chi connectivity index (χ0) is 13.3. The van der Waals surface area contributed by atoms with E-state index in [1.807, 2.05) is 6.92 Å². The number of nitrogens with two attached hydrogens (primary N) is 1. The van der Waals surface area contributed by atoms with Crippen LogP contribution in [0.15, 0.2) is 18.2 Å². The summed E-state index contributed by atoms with van der Waals surface area (Å²) in [4.78, 5) is 11.8. The maximum atomic E-state index is 11.8. The van der Waals surface area contributed by atoms with Gasteiger partial charge in [0.15, 0.2) is 0 Å². The predicted molar refractivity (Wildman–Crippen MR) is 73.8 cm³/mol. The van der Waals surface area contributed by atoms with E-state index in [0.29, 0.717) is 16.5 Å². The van der Waals surface area contributed by atoms with Crippen molar-refractivity contribution in [2.75, 3.05) is 0 Å². The van der Waals surface area contributed by atoms with E-state index in [2.05, 4.69) is 5.32 Å². The number of hydrogen-bond acceptors (Lipinski definition) is 2. The lowest BCUT2D eigenvalue weighted by Crippen LogP contribution is -2.38. The highest BCUT2D eigenvalue weighted by Gasteiger charge is 2.48. The third-order valence-electron chi connectivity index (χ3n) is 3.08. The molecule has 2 rings (SSSR count). The van der Waals surface area contributed by atoms with Crippen LogP contribution in [0.1, 0.15) is 31.7 Å². The number of carbonyl (C=O) groups excluding carboxylic acids is 1. The molecule has 1 aliphatic rings. The molecule has 1 aromatic carbocycles. The highest BCUT2D eigenvalue weighted by atomic mass is 35.5. The fourth-order valence-corrected chi connectivity index (χ4v) is 2.89. The molecular weight excluding hydrogens is 271 g/mol. The molecule has 1 fully saturated rings. The first-order valence-electron chi connectivity index (χ1n) is 5.96. The van der Waals surface area contributed by atoms with Crippen molar-refractivity contribution in [2.24, 2.45) is 5.73 Å². The normalized spacial score (nSPS) is 18.2. The fraction of sp³-hybridized carbons (Fsp3) is 0.462. The lowest BCUT2D eigenvalue weighted by atomic mass is 10.0. The number of rotatable bonds is 4. The molecule has 18 heavy (non-hydrogen) atoms. The predicted octanol–water partition coefficient (Wildman–Crippen LogP) is 2.84. The fourth-order valence-electron chi connectivity index (χ4n) is 2.13. The minimum absolute atomic E-state index is 0.0570. The second-order valence-corrected chi connectivity index (χ2v) is 5.72. The quantitative estimate of drug-likeness (QED) is 0.894. The molecule has 0 heterocycles. The van der Waals surface area contributed by atoms with Crippen molar-refractivity contribution in [3.8, 4) is 0 Å². The molecule has 1 unspecified atom stereocenters. The number of nitrogens with one attached hydrogen (secondary N) is 1. The monoisotopic (exact) mass is 286 g/mol. The average Bonchev–Trinajstić information content (AvgIpc) is 2.96. The maximum absolute atomic E-state index is 11.8. The number of amides is 1. The van der Waals surface area contributed by atoms with Gasteiger partial charge in [0.1, 0.15) is 0 Å². The molecule has 1 saturated carbocycles. The molecule has 5 heteroatoms.